The highest BCUT2D eigenvalue weighted by Gasteiger charge is 2.33. The summed E-state index contributed by atoms with van der Waals surface area (Å²) in [4.78, 5) is 12.2. The number of carbonyl (C=O) groups excluding carboxylic acids is 1. The van der Waals surface area contributed by atoms with Crippen molar-refractivity contribution in [3.05, 3.63) is 17.5 Å². The minimum Gasteiger partial charge on any atom is -0.350 e. The van der Waals surface area contributed by atoms with Gasteiger partial charge in [0.1, 0.15) is 0 Å². The van der Waals surface area contributed by atoms with Crippen LogP contribution in [-0.2, 0) is 18.4 Å². The Morgan fingerprint density at radius 2 is 2.32 bits per heavy atom. The average Bonchev–Trinajstić information content (AvgIpc) is 2.68. The number of carbonyl (C=O) groups is 1. The maximum Gasteiger partial charge on any atom is 0.240 e. The molecule has 0 aliphatic carbocycles. The van der Waals surface area contributed by atoms with E-state index < -0.39 is 5.54 Å². The van der Waals surface area contributed by atoms with Crippen LogP contribution in [0.15, 0.2) is 6.20 Å². The van der Waals surface area contributed by atoms with Gasteiger partial charge in [0, 0.05) is 24.8 Å². The van der Waals surface area contributed by atoms with Crippen molar-refractivity contribution in [3.63, 3.8) is 0 Å². The van der Waals surface area contributed by atoms with Gasteiger partial charge in [0.2, 0.25) is 5.91 Å². The Hall–Kier alpha value is -1.07. The molecule has 2 heterocycles. The van der Waals surface area contributed by atoms with Crippen molar-refractivity contribution in [1.29, 1.82) is 0 Å². The fourth-order valence-corrected chi connectivity index (χ4v) is 2.34. The lowest BCUT2D eigenvalue weighted by atomic mass is 9.90. The highest BCUT2D eigenvalue weighted by atomic mass is 35.5. The molecule has 1 atom stereocenters. The third-order valence-electron chi connectivity index (χ3n) is 3.90. The Balaban J connectivity index is 0.00000180. The molecule has 2 N–H and O–H groups in total. The van der Waals surface area contributed by atoms with Gasteiger partial charge >= 0.3 is 0 Å². The van der Waals surface area contributed by atoms with Crippen LogP contribution in [0.2, 0.25) is 0 Å². The van der Waals surface area contributed by atoms with Crippen molar-refractivity contribution in [3.8, 4) is 0 Å². The van der Waals surface area contributed by atoms with Gasteiger partial charge in [0.15, 0.2) is 0 Å². The summed E-state index contributed by atoms with van der Waals surface area (Å²) in [5, 5.41) is 10.5. The van der Waals surface area contributed by atoms with Crippen molar-refractivity contribution < 1.29 is 4.79 Å². The van der Waals surface area contributed by atoms with Crippen LogP contribution < -0.4 is 10.6 Å². The molecule has 2 rings (SSSR count). The van der Waals surface area contributed by atoms with E-state index >= 15 is 0 Å². The molecule has 0 saturated carbocycles. The SMILES string of the molecule is Cc1c(CNC(=O)C2(C)CCCCN2)cnn1C.Cl. The number of aromatic nitrogens is 2. The van der Waals surface area contributed by atoms with Gasteiger partial charge in [-0.25, -0.2) is 0 Å². The Labute approximate surface area is 120 Å². The van der Waals surface area contributed by atoms with Gasteiger partial charge in [-0.3, -0.25) is 9.48 Å². The van der Waals surface area contributed by atoms with Gasteiger partial charge < -0.3 is 10.6 Å². The van der Waals surface area contributed by atoms with Crippen molar-refractivity contribution in [2.75, 3.05) is 6.54 Å². The molecule has 1 amide bonds. The number of hydrogen-bond acceptors (Lipinski definition) is 3. The summed E-state index contributed by atoms with van der Waals surface area (Å²) < 4.78 is 1.82. The van der Waals surface area contributed by atoms with Crippen molar-refractivity contribution in [2.45, 2.75) is 45.2 Å². The molecule has 1 unspecified atom stereocenters. The Bertz CT molecular complexity index is 438. The summed E-state index contributed by atoms with van der Waals surface area (Å²) in [5.74, 6) is 0.0884. The van der Waals surface area contributed by atoms with E-state index in [0.29, 0.717) is 6.54 Å². The predicted molar refractivity (Wildman–Crippen MR) is 77.3 cm³/mol. The van der Waals surface area contributed by atoms with Crippen LogP contribution in [-0.4, -0.2) is 27.8 Å². The smallest absolute Gasteiger partial charge is 0.240 e. The minimum absolute atomic E-state index is 0. The van der Waals surface area contributed by atoms with Gasteiger partial charge in [-0.1, -0.05) is 0 Å². The second kappa shape index (κ2) is 6.39. The lowest BCUT2D eigenvalue weighted by Gasteiger charge is -2.33. The number of rotatable bonds is 3. The monoisotopic (exact) mass is 286 g/mol. The summed E-state index contributed by atoms with van der Waals surface area (Å²) in [6.07, 6.45) is 4.99. The first-order valence-electron chi connectivity index (χ1n) is 6.54. The lowest BCUT2D eigenvalue weighted by Crippen LogP contribution is -2.56. The summed E-state index contributed by atoms with van der Waals surface area (Å²) in [5.41, 5.74) is 1.76. The number of piperidine rings is 1. The van der Waals surface area contributed by atoms with Crippen LogP contribution in [0.25, 0.3) is 0 Å². The van der Waals surface area contributed by atoms with E-state index in [1.54, 1.807) is 0 Å². The average molecular weight is 287 g/mol. The molecule has 0 aromatic carbocycles. The predicted octanol–water partition coefficient (Wildman–Crippen LogP) is 1.30. The normalized spacial score (nSPS) is 22.7. The quantitative estimate of drug-likeness (QED) is 0.880. The first kappa shape index (κ1) is 16.0. The van der Waals surface area contributed by atoms with E-state index in [9.17, 15) is 4.79 Å². The molecule has 1 aromatic heterocycles. The summed E-state index contributed by atoms with van der Waals surface area (Å²) >= 11 is 0. The topological polar surface area (TPSA) is 59.0 Å². The van der Waals surface area contributed by atoms with Crippen LogP contribution in [0.4, 0.5) is 0 Å². The molecule has 108 valence electrons. The molecule has 19 heavy (non-hydrogen) atoms. The van der Waals surface area contributed by atoms with Crippen LogP contribution in [0.1, 0.15) is 37.4 Å². The maximum atomic E-state index is 12.2. The Morgan fingerprint density at radius 3 is 2.84 bits per heavy atom. The molecular formula is C13H23ClN4O. The molecule has 5 nitrogen and oxygen atoms in total. The van der Waals surface area contributed by atoms with E-state index in [0.717, 1.165) is 37.1 Å². The van der Waals surface area contributed by atoms with Gasteiger partial charge in [-0.2, -0.15) is 5.10 Å². The molecule has 1 fully saturated rings. The van der Waals surface area contributed by atoms with Crippen molar-refractivity contribution in [2.24, 2.45) is 7.05 Å². The molecule has 0 spiro atoms. The first-order chi connectivity index (χ1) is 8.53. The molecular weight excluding hydrogens is 264 g/mol. The van der Waals surface area contributed by atoms with Gasteiger partial charge in [-0.05, 0) is 39.7 Å². The van der Waals surface area contributed by atoms with Crippen LogP contribution in [0.3, 0.4) is 0 Å². The molecule has 1 aromatic rings. The van der Waals surface area contributed by atoms with Gasteiger partial charge in [0.05, 0.1) is 11.7 Å². The lowest BCUT2D eigenvalue weighted by molar-refractivity contribution is -0.128. The number of nitrogens with one attached hydrogen (secondary N) is 2. The number of halogens is 1. The fraction of sp³-hybridized carbons (Fsp3) is 0.692. The zero-order valence-corrected chi connectivity index (χ0v) is 12.6. The first-order valence-corrected chi connectivity index (χ1v) is 6.54. The molecule has 0 radical (unpaired) electrons. The summed E-state index contributed by atoms with van der Waals surface area (Å²) in [6.45, 7) is 5.47. The Morgan fingerprint density at radius 1 is 1.58 bits per heavy atom. The number of nitrogens with zero attached hydrogens (tertiary/aromatic N) is 2. The van der Waals surface area contributed by atoms with E-state index in [2.05, 4.69) is 15.7 Å². The van der Waals surface area contributed by atoms with E-state index in [1.807, 2.05) is 31.8 Å². The standard InChI is InChI=1S/C13H22N4O.ClH/c1-10-11(9-16-17(10)3)8-14-12(18)13(2)6-4-5-7-15-13;/h9,15H,4-8H2,1-3H3,(H,14,18);1H. The minimum atomic E-state index is -0.408. The highest BCUT2D eigenvalue weighted by Crippen LogP contribution is 2.19. The molecule has 1 saturated heterocycles. The van der Waals surface area contributed by atoms with Crippen molar-refractivity contribution >= 4 is 18.3 Å². The van der Waals surface area contributed by atoms with Gasteiger partial charge in [-0.15, -0.1) is 12.4 Å². The number of aryl methyl sites for hydroxylation is 1. The molecule has 0 bridgehead atoms. The second-order valence-electron chi connectivity index (χ2n) is 5.28. The van der Waals surface area contributed by atoms with Crippen LogP contribution in [0, 0.1) is 6.92 Å². The molecule has 6 heteroatoms. The summed E-state index contributed by atoms with van der Waals surface area (Å²) in [6, 6.07) is 0. The molecule has 1 aliphatic heterocycles. The van der Waals surface area contributed by atoms with E-state index in [4.69, 9.17) is 0 Å². The van der Waals surface area contributed by atoms with Gasteiger partial charge in [0.25, 0.3) is 0 Å². The molecule has 1 aliphatic rings. The summed E-state index contributed by atoms with van der Waals surface area (Å²) in [7, 11) is 1.91. The van der Waals surface area contributed by atoms with Crippen LogP contribution >= 0.6 is 12.4 Å². The Kier molecular flexibility index (Phi) is 5.38. The number of hydrogen-bond donors (Lipinski definition) is 2. The van der Waals surface area contributed by atoms with Crippen LogP contribution in [0.5, 0.6) is 0 Å². The van der Waals surface area contributed by atoms with Crippen molar-refractivity contribution in [1.82, 2.24) is 20.4 Å². The zero-order chi connectivity index (χ0) is 13.2. The highest BCUT2D eigenvalue weighted by molar-refractivity contribution is 5.86. The third-order valence-corrected chi connectivity index (χ3v) is 3.90. The fourth-order valence-electron chi connectivity index (χ4n) is 2.34. The van der Waals surface area contributed by atoms with E-state index in [-0.39, 0.29) is 18.3 Å². The zero-order valence-electron chi connectivity index (χ0n) is 11.8. The number of amides is 1. The second-order valence-corrected chi connectivity index (χ2v) is 5.28. The largest absolute Gasteiger partial charge is 0.350 e. The maximum absolute atomic E-state index is 12.2. The third kappa shape index (κ3) is 3.48. The van der Waals surface area contributed by atoms with E-state index in [1.165, 1.54) is 0 Å².